The van der Waals surface area contributed by atoms with Crippen LogP contribution < -0.4 is 10.1 Å². The van der Waals surface area contributed by atoms with E-state index in [0.717, 1.165) is 24.4 Å². The summed E-state index contributed by atoms with van der Waals surface area (Å²) < 4.78 is 5.70. The molecule has 0 saturated carbocycles. The van der Waals surface area contributed by atoms with E-state index in [2.05, 4.69) is 27.7 Å². The highest BCUT2D eigenvalue weighted by Gasteiger charge is 2.24. The van der Waals surface area contributed by atoms with Crippen LogP contribution in [-0.2, 0) is 4.79 Å². The Morgan fingerprint density at radius 2 is 2.04 bits per heavy atom. The van der Waals surface area contributed by atoms with Gasteiger partial charge in [-0.05, 0) is 68.4 Å². The molecule has 0 bridgehead atoms. The molecule has 1 atom stereocenters. The first-order chi connectivity index (χ1) is 12.1. The topological polar surface area (TPSA) is 41.6 Å². The Morgan fingerprint density at radius 1 is 1.24 bits per heavy atom. The van der Waals surface area contributed by atoms with E-state index in [1.165, 1.54) is 23.3 Å². The molecular weight excluding hydrogens is 332 g/mol. The summed E-state index contributed by atoms with van der Waals surface area (Å²) >= 11 is 1.76. The second-order valence-corrected chi connectivity index (χ2v) is 7.54. The van der Waals surface area contributed by atoms with Gasteiger partial charge >= 0.3 is 0 Å². The van der Waals surface area contributed by atoms with Crippen LogP contribution in [0.3, 0.4) is 0 Å². The number of carbonyl (C=O) groups is 1. The van der Waals surface area contributed by atoms with Gasteiger partial charge in [-0.15, -0.1) is 11.3 Å². The van der Waals surface area contributed by atoms with Crippen molar-refractivity contribution in [3.8, 4) is 5.75 Å². The van der Waals surface area contributed by atoms with Crippen LogP contribution in [0.15, 0.2) is 35.7 Å². The molecule has 1 aromatic carbocycles. The van der Waals surface area contributed by atoms with Gasteiger partial charge in [0, 0.05) is 11.4 Å². The number of nitrogens with zero attached hydrogens (tertiary/aromatic N) is 1. The average molecular weight is 359 g/mol. The number of hydrogen-bond donors (Lipinski definition) is 1. The molecule has 1 aromatic heterocycles. The number of thiophene rings is 1. The number of aryl methyl sites for hydroxylation is 1. The lowest BCUT2D eigenvalue weighted by molar-refractivity contribution is -0.123. The fourth-order valence-corrected chi connectivity index (χ4v) is 4.09. The van der Waals surface area contributed by atoms with Gasteiger partial charge in [-0.25, -0.2) is 0 Å². The molecule has 1 fully saturated rings. The van der Waals surface area contributed by atoms with Gasteiger partial charge in [0.25, 0.3) is 5.91 Å². The summed E-state index contributed by atoms with van der Waals surface area (Å²) in [5, 5.41) is 5.15. The van der Waals surface area contributed by atoms with Gasteiger partial charge in [-0.1, -0.05) is 18.2 Å². The highest BCUT2D eigenvalue weighted by molar-refractivity contribution is 7.10. The number of carbonyl (C=O) groups excluding carboxylic acids is 1. The quantitative estimate of drug-likeness (QED) is 0.821. The van der Waals surface area contributed by atoms with Gasteiger partial charge in [0.05, 0.1) is 6.04 Å². The van der Waals surface area contributed by atoms with E-state index >= 15 is 0 Å². The van der Waals surface area contributed by atoms with Gasteiger partial charge in [-0.2, -0.15) is 0 Å². The summed E-state index contributed by atoms with van der Waals surface area (Å²) in [4.78, 5) is 16.0. The molecule has 1 aliphatic heterocycles. The number of amides is 1. The average Bonchev–Trinajstić information content (AvgIpc) is 3.30. The summed E-state index contributed by atoms with van der Waals surface area (Å²) in [6, 6.07) is 10.4. The van der Waals surface area contributed by atoms with Crippen molar-refractivity contribution in [2.24, 2.45) is 0 Å². The van der Waals surface area contributed by atoms with Crippen molar-refractivity contribution >= 4 is 17.2 Å². The molecule has 3 rings (SSSR count). The van der Waals surface area contributed by atoms with Crippen molar-refractivity contribution in [3.05, 3.63) is 51.7 Å². The van der Waals surface area contributed by atoms with Gasteiger partial charge in [0.1, 0.15) is 5.75 Å². The Kier molecular flexibility index (Phi) is 6.10. The molecule has 4 nitrogen and oxygen atoms in total. The summed E-state index contributed by atoms with van der Waals surface area (Å²) in [6.07, 6.45) is 2.48. The molecule has 1 amide bonds. The largest absolute Gasteiger partial charge is 0.483 e. The molecule has 0 unspecified atom stereocenters. The normalized spacial score (nSPS) is 15.9. The van der Waals surface area contributed by atoms with Crippen molar-refractivity contribution in [2.45, 2.75) is 32.7 Å². The number of ether oxygens (including phenoxy) is 1. The molecular formula is C20H26N2O2S. The third-order valence-corrected chi connectivity index (χ3v) is 5.83. The minimum atomic E-state index is -0.0679. The number of rotatable bonds is 7. The predicted octanol–water partition coefficient (Wildman–Crippen LogP) is 3.70. The standard InChI is InChI=1S/C20H26N2O2S/c1-15-7-5-8-18(16(15)2)24-14-20(23)21-13-17(19-9-6-12-25-19)22-10-3-4-11-22/h5-9,12,17H,3-4,10-11,13-14H2,1-2H3,(H,21,23)/t17-/m0/s1. The summed E-state index contributed by atoms with van der Waals surface area (Å²) in [5.74, 6) is 0.714. The summed E-state index contributed by atoms with van der Waals surface area (Å²) in [6.45, 7) is 6.97. The van der Waals surface area contributed by atoms with Crippen molar-refractivity contribution in [2.75, 3.05) is 26.2 Å². The molecule has 1 saturated heterocycles. The van der Waals surface area contributed by atoms with Crippen LogP contribution in [0.1, 0.15) is 34.9 Å². The second-order valence-electron chi connectivity index (χ2n) is 6.57. The van der Waals surface area contributed by atoms with Crippen LogP contribution in [0, 0.1) is 13.8 Å². The maximum atomic E-state index is 12.3. The van der Waals surface area contributed by atoms with Crippen LogP contribution in [-0.4, -0.2) is 37.0 Å². The maximum absolute atomic E-state index is 12.3. The Morgan fingerprint density at radius 3 is 2.76 bits per heavy atom. The molecule has 2 heterocycles. The Hall–Kier alpha value is -1.85. The fraction of sp³-hybridized carbons (Fsp3) is 0.450. The van der Waals surface area contributed by atoms with E-state index in [0.29, 0.717) is 6.54 Å². The fourth-order valence-electron chi connectivity index (χ4n) is 3.23. The smallest absolute Gasteiger partial charge is 0.258 e. The highest BCUT2D eigenvalue weighted by atomic mass is 32.1. The zero-order chi connectivity index (χ0) is 17.6. The highest BCUT2D eigenvalue weighted by Crippen LogP contribution is 2.27. The lowest BCUT2D eigenvalue weighted by Gasteiger charge is -2.26. The van der Waals surface area contributed by atoms with E-state index in [4.69, 9.17) is 4.74 Å². The van der Waals surface area contributed by atoms with E-state index in [1.54, 1.807) is 11.3 Å². The monoisotopic (exact) mass is 358 g/mol. The Bertz CT molecular complexity index is 694. The molecule has 25 heavy (non-hydrogen) atoms. The van der Waals surface area contributed by atoms with E-state index in [9.17, 15) is 4.79 Å². The van der Waals surface area contributed by atoms with Crippen LogP contribution in [0.25, 0.3) is 0 Å². The van der Waals surface area contributed by atoms with Gasteiger partial charge in [0.2, 0.25) is 0 Å². The predicted molar refractivity (Wildman–Crippen MR) is 102 cm³/mol. The lowest BCUT2D eigenvalue weighted by atomic mass is 10.1. The molecule has 0 spiro atoms. The molecule has 1 N–H and O–H groups in total. The van der Waals surface area contributed by atoms with Crippen LogP contribution in [0.2, 0.25) is 0 Å². The molecule has 134 valence electrons. The third-order valence-electron chi connectivity index (χ3n) is 4.86. The summed E-state index contributed by atoms with van der Waals surface area (Å²) in [5.41, 5.74) is 2.26. The van der Waals surface area contributed by atoms with Crippen LogP contribution in [0.4, 0.5) is 0 Å². The summed E-state index contributed by atoms with van der Waals surface area (Å²) in [7, 11) is 0. The zero-order valence-corrected chi connectivity index (χ0v) is 15.8. The molecule has 0 radical (unpaired) electrons. The van der Waals surface area contributed by atoms with Gasteiger partial charge in [-0.3, -0.25) is 9.69 Å². The van der Waals surface area contributed by atoms with E-state index in [1.807, 2.05) is 32.0 Å². The third kappa shape index (κ3) is 4.61. The first-order valence-corrected chi connectivity index (χ1v) is 9.76. The lowest BCUT2D eigenvalue weighted by Crippen LogP contribution is -2.38. The number of hydrogen-bond acceptors (Lipinski definition) is 4. The molecule has 1 aliphatic rings. The molecule has 0 aliphatic carbocycles. The molecule has 5 heteroatoms. The van der Waals surface area contributed by atoms with E-state index < -0.39 is 0 Å². The number of likely N-dealkylation sites (tertiary alicyclic amines) is 1. The Balaban J connectivity index is 1.54. The van der Waals surface area contributed by atoms with Crippen molar-refractivity contribution in [3.63, 3.8) is 0 Å². The van der Waals surface area contributed by atoms with Crippen LogP contribution >= 0.6 is 11.3 Å². The minimum absolute atomic E-state index is 0.0570. The van der Waals surface area contributed by atoms with Crippen molar-refractivity contribution in [1.29, 1.82) is 0 Å². The Labute approximate surface area is 153 Å². The zero-order valence-electron chi connectivity index (χ0n) is 15.0. The first kappa shape index (κ1) is 18.0. The van der Waals surface area contributed by atoms with E-state index in [-0.39, 0.29) is 18.6 Å². The second kappa shape index (κ2) is 8.50. The van der Waals surface area contributed by atoms with Crippen molar-refractivity contribution < 1.29 is 9.53 Å². The molecule has 2 aromatic rings. The number of benzene rings is 1. The maximum Gasteiger partial charge on any atom is 0.258 e. The van der Waals surface area contributed by atoms with Crippen molar-refractivity contribution in [1.82, 2.24) is 10.2 Å². The first-order valence-electron chi connectivity index (χ1n) is 8.88. The van der Waals surface area contributed by atoms with Gasteiger partial charge < -0.3 is 10.1 Å². The van der Waals surface area contributed by atoms with Gasteiger partial charge in [0.15, 0.2) is 6.61 Å². The SMILES string of the molecule is Cc1cccc(OCC(=O)NC[C@@H](c2cccs2)N2CCCC2)c1C. The minimum Gasteiger partial charge on any atom is -0.483 e. The number of nitrogens with one attached hydrogen (secondary N) is 1. The van der Waals surface area contributed by atoms with Crippen LogP contribution in [0.5, 0.6) is 5.75 Å².